The van der Waals surface area contributed by atoms with E-state index in [0.717, 1.165) is 12.8 Å². The Morgan fingerprint density at radius 2 is 2.12 bits per heavy atom. The van der Waals surface area contributed by atoms with E-state index in [1.807, 2.05) is 11.4 Å². The molecular weight excluding hydrogens is 322 g/mol. The maximum atomic E-state index is 12.7. The Hall–Kier alpha value is -2.65. The molecule has 1 aromatic carbocycles. The van der Waals surface area contributed by atoms with E-state index in [-0.39, 0.29) is 11.8 Å². The number of carbonyl (C=O) groups is 2. The summed E-state index contributed by atoms with van der Waals surface area (Å²) in [5.74, 6) is -0.287. The van der Waals surface area contributed by atoms with E-state index in [9.17, 15) is 9.59 Å². The Bertz CT molecular complexity index is 780. The molecule has 3 rings (SSSR count). The number of amides is 2. The summed E-state index contributed by atoms with van der Waals surface area (Å²) >= 11 is 1.39. The fourth-order valence-electron chi connectivity index (χ4n) is 2.88. The molecule has 1 fully saturated rings. The van der Waals surface area contributed by atoms with Crippen molar-refractivity contribution in [3.8, 4) is 6.07 Å². The topological polar surface area (TPSA) is 73.2 Å². The molecule has 1 saturated heterocycles. The van der Waals surface area contributed by atoms with E-state index < -0.39 is 6.04 Å². The summed E-state index contributed by atoms with van der Waals surface area (Å²) in [7, 11) is 0. The highest BCUT2D eigenvalue weighted by molar-refractivity contribution is 7.12. The second-order valence-electron chi connectivity index (χ2n) is 5.67. The van der Waals surface area contributed by atoms with Gasteiger partial charge < -0.3 is 10.2 Å². The van der Waals surface area contributed by atoms with Crippen molar-refractivity contribution in [2.75, 3.05) is 11.9 Å². The Morgan fingerprint density at radius 1 is 1.25 bits per heavy atom. The van der Waals surface area contributed by atoms with Gasteiger partial charge in [-0.1, -0.05) is 12.1 Å². The van der Waals surface area contributed by atoms with E-state index in [2.05, 4.69) is 11.4 Å². The minimum absolute atomic E-state index is 0.0874. The van der Waals surface area contributed by atoms with Crippen molar-refractivity contribution in [3.63, 3.8) is 0 Å². The van der Waals surface area contributed by atoms with Crippen molar-refractivity contribution in [1.82, 2.24) is 4.90 Å². The van der Waals surface area contributed by atoms with Gasteiger partial charge in [-0.3, -0.25) is 9.59 Å². The highest BCUT2D eigenvalue weighted by Crippen LogP contribution is 2.23. The minimum Gasteiger partial charge on any atom is -0.326 e. The molecule has 1 aromatic heterocycles. The van der Waals surface area contributed by atoms with Gasteiger partial charge in [-0.05, 0) is 48.9 Å². The van der Waals surface area contributed by atoms with Gasteiger partial charge >= 0.3 is 0 Å². The lowest BCUT2D eigenvalue weighted by molar-refractivity contribution is -0.121. The number of piperidine rings is 1. The van der Waals surface area contributed by atoms with Gasteiger partial charge in [-0.2, -0.15) is 5.26 Å². The van der Waals surface area contributed by atoms with Crippen LogP contribution in [0.4, 0.5) is 5.69 Å². The van der Waals surface area contributed by atoms with Gasteiger partial charge in [0.05, 0.1) is 16.5 Å². The summed E-state index contributed by atoms with van der Waals surface area (Å²) in [4.78, 5) is 27.6. The van der Waals surface area contributed by atoms with Crippen molar-refractivity contribution in [2.24, 2.45) is 0 Å². The van der Waals surface area contributed by atoms with Crippen molar-refractivity contribution >= 4 is 28.8 Å². The molecule has 2 aromatic rings. The molecule has 24 heavy (non-hydrogen) atoms. The Balaban J connectivity index is 1.76. The number of hydrogen-bond donors (Lipinski definition) is 1. The number of thiophene rings is 1. The van der Waals surface area contributed by atoms with E-state index in [1.54, 1.807) is 35.2 Å². The molecule has 6 heteroatoms. The zero-order valence-corrected chi connectivity index (χ0v) is 13.9. The summed E-state index contributed by atoms with van der Waals surface area (Å²) < 4.78 is 0. The summed E-state index contributed by atoms with van der Waals surface area (Å²) in [5.41, 5.74) is 1.07. The van der Waals surface area contributed by atoms with Crippen molar-refractivity contribution < 1.29 is 9.59 Å². The summed E-state index contributed by atoms with van der Waals surface area (Å²) in [5, 5.41) is 13.6. The van der Waals surface area contributed by atoms with Gasteiger partial charge in [0, 0.05) is 12.2 Å². The van der Waals surface area contributed by atoms with Crippen LogP contribution in [0.25, 0.3) is 0 Å². The molecule has 5 nitrogen and oxygen atoms in total. The van der Waals surface area contributed by atoms with E-state index >= 15 is 0 Å². The van der Waals surface area contributed by atoms with Crippen LogP contribution in [0.3, 0.4) is 0 Å². The molecule has 0 bridgehead atoms. The minimum atomic E-state index is -0.473. The van der Waals surface area contributed by atoms with Crippen molar-refractivity contribution in [3.05, 3.63) is 52.2 Å². The highest BCUT2D eigenvalue weighted by atomic mass is 32.1. The Labute approximate surface area is 144 Å². The summed E-state index contributed by atoms with van der Waals surface area (Å²) in [6.45, 7) is 0.590. The fraction of sp³-hybridized carbons (Fsp3) is 0.278. The molecule has 0 unspecified atom stereocenters. The number of nitrogens with one attached hydrogen (secondary N) is 1. The van der Waals surface area contributed by atoms with Crippen LogP contribution >= 0.6 is 11.3 Å². The maximum absolute atomic E-state index is 12.7. The van der Waals surface area contributed by atoms with Gasteiger partial charge in [-0.15, -0.1) is 11.3 Å². The molecule has 2 amide bonds. The second kappa shape index (κ2) is 7.28. The first-order valence-electron chi connectivity index (χ1n) is 7.84. The normalized spacial score (nSPS) is 17.1. The maximum Gasteiger partial charge on any atom is 0.264 e. The van der Waals surface area contributed by atoms with Crippen molar-refractivity contribution in [1.29, 1.82) is 5.26 Å². The predicted octanol–water partition coefficient (Wildman–Crippen LogP) is 3.25. The Morgan fingerprint density at radius 3 is 2.88 bits per heavy atom. The quantitative estimate of drug-likeness (QED) is 0.933. The molecule has 1 aliphatic rings. The number of likely N-dealkylation sites (tertiary alicyclic amines) is 1. The molecule has 0 saturated carbocycles. The zero-order chi connectivity index (χ0) is 16.9. The molecule has 122 valence electrons. The van der Waals surface area contributed by atoms with E-state index in [0.29, 0.717) is 29.1 Å². The molecule has 2 heterocycles. The second-order valence-corrected chi connectivity index (χ2v) is 6.62. The van der Waals surface area contributed by atoms with Gasteiger partial charge in [-0.25, -0.2) is 0 Å². The SMILES string of the molecule is N#Cc1cccc(NC(=O)[C@@H]2CCCCN2C(=O)c2cccs2)c1. The lowest BCUT2D eigenvalue weighted by Crippen LogP contribution is -2.49. The van der Waals surface area contributed by atoms with Gasteiger partial charge in [0.15, 0.2) is 0 Å². The smallest absolute Gasteiger partial charge is 0.264 e. The fourth-order valence-corrected chi connectivity index (χ4v) is 3.56. The molecule has 0 spiro atoms. The molecular formula is C18H17N3O2S. The summed E-state index contributed by atoms with van der Waals surface area (Å²) in [6, 6.07) is 12.0. The average Bonchev–Trinajstić information content (AvgIpc) is 3.16. The summed E-state index contributed by atoms with van der Waals surface area (Å²) in [6.07, 6.45) is 2.48. The predicted molar refractivity (Wildman–Crippen MR) is 92.8 cm³/mol. The molecule has 0 aliphatic carbocycles. The van der Waals surface area contributed by atoms with E-state index in [1.165, 1.54) is 11.3 Å². The lowest BCUT2D eigenvalue weighted by atomic mass is 10.0. The van der Waals surface area contributed by atoms with Crippen LogP contribution in [-0.4, -0.2) is 29.3 Å². The van der Waals surface area contributed by atoms with Crippen LogP contribution < -0.4 is 5.32 Å². The molecule has 1 N–H and O–H groups in total. The van der Waals surface area contributed by atoms with Crippen LogP contribution in [0.15, 0.2) is 41.8 Å². The van der Waals surface area contributed by atoms with Gasteiger partial charge in [0.1, 0.15) is 6.04 Å². The average molecular weight is 339 g/mol. The number of hydrogen-bond acceptors (Lipinski definition) is 4. The number of benzene rings is 1. The van der Waals surface area contributed by atoms with Crippen LogP contribution in [-0.2, 0) is 4.79 Å². The van der Waals surface area contributed by atoms with Gasteiger partial charge in [0.2, 0.25) is 5.91 Å². The standard InChI is InChI=1S/C18H17N3O2S/c19-12-13-5-3-6-14(11-13)20-17(22)15-7-1-2-9-21(15)18(23)16-8-4-10-24-16/h3-6,8,10-11,15H,1-2,7,9H2,(H,20,22)/t15-/m0/s1. The molecule has 1 atom stereocenters. The third kappa shape index (κ3) is 3.47. The third-order valence-electron chi connectivity index (χ3n) is 4.06. The highest BCUT2D eigenvalue weighted by Gasteiger charge is 2.33. The first-order valence-corrected chi connectivity index (χ1v) is 8.72. The molecule has 1 aliphatic heterocycles. The molecule has 0 radical (unpaired) electrons. The number of nitriles is 1. The first-order chi connectivity index (χ1) is 11.7. The monoisotopic (exact) mass is 339 g/mol. The Kier molecular flexibility index (Phi) is 4.92. The van der Waals surface area contributed by atoms with Crippen LogP contribution in [0.2, 0.25) is 0 Å². The van der Waals surface area contributed by atoms with E-state index in [4.69, 9.17) is 5.26 Å². The van der Waals surface area contributed by atoms with Crippen LogP contribution in [0.5, 0.6) is 0 Å². The van der Waals surface area contributed by atoms with Gasteiger partial charge in [0.25, 0.3) is 5.91 Å². The van der Waals surface area contributed by atoms with Crippen LogP contribution in [0, 0.1) is 11.3 Å². The number of carbonyl (C=O) groups excluding carboxylic acids is 2. The zero-order valence-electron chi connectivity index (χ0n) is 13.1. The first kappa shape index (κ1) is 16.2. The largest absolute Gasteiger partial charge is 0.326 e. The third-order valence-corrected chi connectivity index (χ3v) is 4.92. The van der Waals surface area contributed by atoms with Crippen molar-refractivity contribution in [2.45, 2.75) is 25.3 Å². The number of rotatable bonds is 3. The number of anilines is 1. The number of nitrogens with zero attached hydrogens (tertiary/aromatic N) is 2. The van der Waals surface area contributed by atoms with Crippen LogP contribution in [0.1, 0.15) is 34.5 Å². The lowest BCUT2D eigenvalue weighted by Gasteiger charge is -2.34.